The number of methoxy groups -OCH3 is 1. The minimum atomic E-state index is -0.945. The van der Waals surface area contributed by atoms with E-state index in [4.69, 9.17) is 9.47 Å². The van der Waals surface area contributed by atoms with Crippen molar-refractivity contribution in [2.24, 2.45) is 7.05 Å². The zero-order valence-electron chi connectivity index (χ0n) is 15.8. The van der Waals surface area contributed by atoms with Crippen LogP contribution in [0.15, 0.2) is 42.5 Å². The van der Waals surface area contributed by atoms with Gasteiger partial charge in [0.25, 0.3) is 0 Å². The Kier molecular flexibility index (Phi) is 5.66. The van der Waals surface area contributed by atoms with E-state index >= 15 is 0 Å². The Morgan fingerprint density at radius 2 is 1.96 bits per heavy atom. The monoisotopic (exact) mass is 368 g/mol. The number of para-hydroxylation sites is 1. The maximum Gasteiger partial charge on any atom is 0.352 e. The van der Waals surface area contributed by atoms with E-state index in [1.807, 2.05) is 49.4 Å². The Bertz CT molecular complexity index is 962. The van der Waals surface area contributed by atoms with Gasteiger partial charge >= 0.3 is 5.97 Å². The predicted molar refractivity (Wildman–Crippen MR) is 105 cm³/mol. The molecular weight excluding hydrogens is 344 g/mol. The summed E-state index contributed by atoms with van der Waals surface area (Å²) in [7, 11) is 3.36. The summed E-state index contributed by atoms with van der Waals surface area (Å²) in [6, 6.07) is 13.5. The van der Waals surface area contributed by atoms with Crippen molar-refractivity contribution in [2.45, 2.75) is 20.0 Å². The lowest BCUT2D eigenvalue weighted by atomic mass is 10.1. The van der Waals surface area contributed by atoms with E-state index in [0.717, 1.165) is 27.8 Å². The van der Waals surface area contributed by atoms with Gasteiger partial charge in [0.1, 0.15) is 17.2 Å². The molecule has 0 aliphatic carbocycles. The summed E-state index contributed by atoms with van der Waals surface area (Å²) in [5.74, 6) is 0.595. The van der Waals surface area contributed by atoms with Crippen LogP contribution in [0, 0.1) is 0 Å². The van der Waals surface area contributed by atoms with Crippen LogP contribution in [-0.4, -0.2) is 29.4 Å². The topological polar surface area (TPSA) is 72.7 Å². The number of ether oxygens (including phenoxy) is 2. The normalized spacial score (nSPS) is 10.9. The number of hydrogen-bond donors (Lipinski definition) is 2. The summed E-state index contributed by atoms with van der Waals surface area (Å²) in [4.78, 5) is 11.8. The molecule has 0 radical (unpaired) electrons. The lowest BCUT2D eigenvalue weighted by Gasteiger charge is -2.11. The van der Waals surface area contributed by atoms with Crippen LogP contribution < -0.4 is 14.8 Å². The highest BCUT2D eigenvalue weighted by Gasteiger charge is 2.20. The number of nitrogens with one attached hydrogen (secondary N) is 1. The fraction of sp³-hybridized carbons (Fsp3) is 0.286. The number of rotatable bonds is 8. The summed E-state index contributed by atoms with van der Waals surface area (Å²) < 4.78 is 12.6. The first-order valence-corrected chi connectivity index (χ1v) is 8.86. The third-order valence-corrected chi connectivity index (χ3v) is 4.60. The van der Waals surface area contributed by atoms with Gasteiger partial charge in [0.2, 0.25) is 0 Å². The van der Waals surface area contributed by atoms with Crippen molar-refractivity contribution < 1.29 is 19.4 Å². The molecule has 0 fully saturated rings. The van der Waals surface area contributed by atoms with Gasteiger partial charge in [-0.3, -0.25) is 0 Å². The minimum Gasteiger partial charge on any atom is -0.497 e. The molecule has 142 valence electrons. The quantitative estimate of drug-likeness (QED) is 0.636. The molecule has 0 spiro atoms. The van der Waals surface area contributed by atoms with Crippen LogP contribution in [0.4, 0.5) is 0 Å². The Morgan fingerprint density at radius 1 is 1.19 bits per heavy atom. The molecule has 0 amide bonds. The molecule has 1 heterocycles. The van der Waals surface area contributed by atoms with Gasteiger partial charge in [0.05, 0.1) is 19.2 Å². The number of nitrogens with zero attached hydrogens (tertiary/aromatic N) is 1. The van der Waals surface area contributed by atoms with Gasteiger partial charge in [-0.2, -0.15) is 0 Å². The standard InChI is InChI=1S/C21H24N2O4/c1-4-27-19-8-6-5-7-14(19)12-22-13-17-16-10-9-15(26-3)11-18(16)23(2)20(17)21(24)25/h5-11,22H,4,12-13H2,1-3H3,(H,24,25). The number of carboxylic acid groups (broad SMARTS) is 1. The minimum absolute atomic E-state index is 0.281. The van der Waals surface area contributed by atoms with Crippen LogP contribution in [0.3, 0.4) is 0 Å². The number of aryl methyl sites for hydroxylation is 1. The average molecular weight is 368 g/mol. The molecule has 0 aliphatic rings. The third-order valence-electron chi connectivity index (χ3n) is 4.60. The van der Waals surface area contributed by atoms with E-state index < -0.39 is 5.97 Å². The van der Waals surface area contributed by atoms with Crippen molar-refractivity contribution >= 4 is 16.9 Å². The van der Waals surface area contributed by atoms with Crippen molar-refractivity contribution in [2.75, 3.05) is 13.7 Å². The Balaban J connectivity index is 1.88. The lowest BCUT2D eigenvalue weighted by molar-refractivity contribution is 0.0685. The summed E-state index contributed by atoms with van der Waals surface area (Å²) in [6.45, 7) is 3.58. The van der Waals surface area contributed by atoms with Crippen LogP contribution in [-0.2, 0) is 20.1 Å². The summed E-state index contributed by atoms with van der Waals surface area (Å²) in [6.07, 6.45) is 0. The van der Waals surface area contributed by atoms with Gasteiger partial charge in [-0.15, -0.1) is 0 Å². The molecule has 0 aliphatic heterocycles. The van der Waals surface area contributed by atoms with Gasteiger partial charge in [-0.05, 0) is 25.1 Å². The van der Waals surface area contributed by atoms with Gasteiger partial charge in [-0.1, -0.05) is 18.2 Å². The van der Waals surface area contributed by atoms with Crippen LogP contribution in [0.25, 0.3) is 10.9 Å². The summed E-state index contributed by atoms with van der Waals surface area (Å²) in [5.41, 5.74) is 2.91. The molecule has 3 aromatic rings. The molecule has 0 unspecified atom stereocenters. The molecular formula is C21H24N2O4. The molecule has 27 heavy (non-hydrogen) atoms. The fourth-order valence-corrected chi connectivity index (χ4v) is 3.34. The first-order chi connectivity index (χ1) is 13.1. The number of aromatic carboxylic acids is 1. The molecule has 1 aromatic heterocycles. The van der Waals surface area contributed by atoms with Gasteiger partial charge in [0.15, 0.2) is 0 Å². The van der Waals surface area contributed by atoms with Crippen molar-refractivity contribution in [3.05, 3.63) is 59.3 Å². The van der Waals surface area contributed by atoms with Crippen molar-refractivity contribution in [1.82, 2.24) is 9.88 Å². The lowest BCUT2D eigenvalue weighted by Crippen LogP contribution is -2.16. The SMILES string of the molecule is CCOc1ccccc1CNCc1c(C(=O)O)n(C)c2cc(OC)ccc12. The molecule has 0 atom stereocenters. The predicted octanol–water partition coefficient (Wildman–Crippen LogP) is 3.57. The zero-order chi connectivity index (χ0) is 19.4. The fourth-order valence-electron chi connectivity index (χ4n) is 3.34. The van der Waals surface area contributed by atoms with E-state index in [2.05, 4.69) is 5.32 Å². The Labute approximate surface area is 158 Å². The van der Waals surface area contributed by atoms with Crippen molar-refractivity contribution in [1.29, 1.82) is 0 Å². The van der Waals surface area contributed by atoms with Crippen LogP contribution in [0.2, 0.25) is 0 Å². The van der Waals surface area contributed by atoms with Crippen LogP contribution >= 0.6 is 0 Å². The maximum absolute atomic E-state index is 11.8. The number of fused-ring (bicyclic) bond motifs is 1. The highest BCUT2D eigenvalue weighted by molar-refractivity contribution is 5.98. The summed E-state index contributed by atoms with van der Waals surface area (Å²) >= 11 is 0. The van der Waals surface area contributed by atoms with Crippen molar-refractivity contribution in [3.8, 4) is 11.5 Å². The number of carboxylic acids is 1. The maximum atomic E-state index is 11.8. The van der Waals surface area contributed by atoms with E-state index in [1.54, 1.807) is 18.7 Å². The van der Waals surface area contributed by atoms with Gasteiger partial charge in [0, 0.05) is 42.7 Å². The van der Waals surface area contributed by atoms with Crippen LogP contribution in [0.5, 0.6) is 11.5 Å². The number of benzene rings is 2. The smallest absolute Gasteiger partial charge is 0.352 e. The zero-order valence-corrected chi connectivity index (χ0v) is 15.8. The number of carbonyl (C=O) groups is 1. The third kappa shape index (κ3) is 3.75. The highest BCUT2D eigenvalue weighted by atomic mass is 16.5. The largest absolute Gasteiger partial charge is 0.497 e. The molecule has 0 saturated carbocycles. The first-order valence-electron chi connectivity index (χ1n) is 8.86. The summed E-state index contributed by atoms with van der Waals surface area (Å²) in [5, 5.41) is 14.0. The highest BCUT2D eigenvalue weighted by Crippen LogP contribution is 2.29. The van der Waals surface area contributed by atoms with Gasteiger partial charge in [-0.25, -0.2) is 4.79 Å². The molecule has 6 heteroatoms. The molecule has 0 saturated heterocycles. The van der Waals surface area contributed by atoms with E-state index in [1.165, 1.54) is 0 Å². The second-order valence-electron chi connectivity index (χ2n) is 6.22. The molecule has 2 N–H and O–H groups in total. The van der Waals surface area contributed by atoms with Crippen molar-refractivity contribution in [3.63, 3.8) is 0 Å². The molecule has 6 nitrogen and oxygen atoms in total. The van der Waals surface area contributed by atoms with Gasteiger partial charge < -0.3 is 24.5 Å². The molecule has 2 aromatic carbocycles. The van der Waals surface area contributed by atoms with E-state index in [9.17, 15) is 9.90 Å². The van der Waals surface area contributed by atoms with E-state index in [-0.39, 0.29) is 5.69 Å². The number of hydrogen-bond acceptors (Lipinski definition) is 4. The Hall–Kier alpha value is -2.99. The first kappa shape index (κ1) is 18.8. The number of aromatic nitrogens is 1. The second kappa shape index (κ2) is 8.14. The molecule has 0 bridgehead atoms. The second-order valence-corrected chi connectivity index (χ2v) is 6.22. The van der Waals surface area contributed by atoms with Crippen LogP contribution in [0.1, 0.15) is 28.5 Å². The average Bonchev–Trinajstić information content (AvgIpc) is 2.95. The molecule has 3 rings (SSSR count). The van der Waals surface area contributed by atoms with E-state index in [0.29, 0.717) is 25.4 Å². The Morgan fingerprint density at radius 3 is 2.67 bits per heavy atom.